The van der Waals surface area contributed by atoms with Gasteiger partial charge in [0.25, 0.3) is 0 Å². The van der Waals surface area contributed by atoms with Crippen LogP contribution in [0.25, 0.3) is 0 Å². The van der Waals surface area contributed by atoms with Crippen molar-refractivity contribution < 1.29 is 0 Å². The van der Waals surface area contributed by atoms with E-state index in [4.69, 9.17) is 0 Å². The lowest BCUT2D eigenvalue weighted by Crippen LogP contribution is -2.11. The van der Waals surface area contributed by atoms with Crippen LogP contribution < -0.4 is 10.6 Å². The lowest BCUT2D eigenvalue weighted by atomic mass is 10.2. The van der Waals surface area contributed by atoms with Gasteiger partial charge in [0.2, 0.25) is 0 Å². The smallest absolute Gasteiger partial charge is 0.135 e. The first-order chi connectivity index (χ1) is 10.2. The molecule has 2 N–H and O–H groups in total. The van der Waals surface area contributed by atoms with Gasteiger partial charge in [-0.3, -0.25) is 0 Å². The molecule has 0 aliphatic rings. The second-order valence-corrected chi connectivity index (χ2v) is 5.08. The summed E-state index contributed by atoms with van der Waals surface area (Å²) in [4.78, 5) is 9.26. The van der Waals surface area contributed by atoms with Crippen molar-refractivity contribution in [2.24, 2.45) is 0 Å². The van der Waals surface area contributed by atoms with Crippen molar-refractivity contribution in [2.75, 3.05) is 17.2 Å². The van der Waals surface area contributed by atoms with Gasteiger partial charge in [-0.2, -0.15) is 0 Å². The molecule has 0 aliphatic heterocycles. The highest BCUT2D eigenvalue weighted by atomic mass is 15.1. The highest BCUT2D eigenvalue weighted by Gasteiger charge is 2.10. The topological polar surface area (TPSA) is 49.8 Å². The highest BCUT2D eigenvalue weighted by molar-refractivity contribution is 5.57. The maximum atomic E-state index is 4.66. The number of nitrogens with one attached hydrogen (secondary N) is 2. The predicted octanol–water partition coefficient (Wildman–Crippen LogP) is 3.78. The first kappa shape index (κ1) is 15.3. The summed E-state index contributed by atoms with van der Waals surface area (Å²) in [6.45, 7) is 7.92. The van der Waals surface area contributed by atoms with Crippen molar-refractivity contribution in [1.29, 1.82) is 0 Å². The van der Waals surface area contributed by atoms with E-state index < -0.39 is 0 Å². The average Bonchev–Trinajstić information content (AvgIpc) is 2.50. The zero-order valence-corrected chi connectivity index (χ0v) is 13.1. The zero-order valence-electron chi connectivity index (χ0n) is 13.1. The minimum atomic E-state index is 0.774. The Labute approximate surface area is 127 Å². The summed E-state index contributed by atoms with van der Waals surface area (Å²) in [6.07, 6.45) is 1.95. The zero-order chi connectivity index (χ0) is 15.1. The van der Waals surface area contributed by atoms with E-state index in [-0.39, 0.29) is 0 Å². The van der Waals surface area contributed by atoms with Gasteiger partial charge in [0.1, 0.15) is 17.5 Å². The number of hydrogen-bond acceptors (Lipinski definition) is 4. The fourth-order valence-electron chi connectivity index (χ4n) is 2.19. The van der Waals surface area contributed by atoms with E-state index in [9.17, 15) is 0 Å². The third-order valence-electron chi connectivity index (χ3n) is 3.31. The number of benzene rings is 1. The monoisotopic (exact) mass is 284 g/mol. The molecule has 0 unspecified atom stereocenters. The molecule has 112 valence electrons. The summed E-state index contributed by atoms with van der Waals surface area (Å²) in [5.74, 6) is 2.76. The lowest BCUT2D eigenvalue weighted by molar-refractivity contribution is 0.830. The summed E-state index contributed by atoms with van der Waals surface area (Å²) >= 11 is 0. The minimum Gasteiger partial charge on any atom is -0.370 e. The molecule has 0 fully saturated rings. The largest absolute Gasteiger partial charge is 0.370 e. The highest BCUT2D eigenvalue weighted by Crippen LogP contribution is 2.21. The molecular weight excluding hydrogens is 260 g/mol. The van der Waals surface area contributed by atoms with Gasteiger partial charge < -0.3 is 10.6 Å². The normalized spacial score (nSPS) is 10.4. The molecule has 2 rings (SSSR count). The first-order valence-corrected chi connectivity index (χ1v) is 7.63. The fraction of sp³-hybridized carbons (Fsp3) is 0.412. The van der Waals surface area contributed by atoms with Gasteiger partial charge in [-0.25, -0.2) is 9.97 Å². The molecule has 0 aliphatic carbocycles. The molecule has 0 atom stereocenters. The van der Waals surface area contributed by atoms with Gasteiger partial charge in [-0.05, 0) is 25.8 Å². The summed E-state index contributed by atoms with van der Waals surface area (Å²) in [6, 6.07) is 10.4. The van der Waals surface area contributed by atoms with Crippen LogP contribution in [-0.4, -0.2) is 16.5 Å². The molecule has 1 aromatic carbocycles. The molecule has 2 aromatic rings. The van der Waals surface area contributed by atoms with Crippen LogP contribution >= 0.6 is 0 Å². The van der Waals surface area contributed by atoms with Crippen LogP contribution in [0.5, 0.6) is 0 Å². The van der Waals surface area contributed by atoms with Gasteiger partial charge in [0.15, 0.2) is 0 Å². The van der Waals surface area contributed by atoms with Gasteiger partial charge >= 0.3 is 0 Å². The van der Waals surface area contributed by atoms with Crippen LogP contribution in [0.4, 0.5) is 11.6 Å². The molecule has 21 heavy (non-hydrogen) atoms. The molecule has 1 aromatic heterocycles. The van der Waals surface area contributed by atoms with E-state index in [2.05, 4.69) is 65.6 Å². The van der Waals surface area contributed by atoms with Crippen LogP contribution in [0, 0.1) is 6.92 Å². The van der Waals surface area contributed by atoms with E-state index in [0.29, 0.717) is 0 Å². The first-order valence-electron chi connectivity index (χ1n) is 7.63. The molecule has 4 nitrogen and oxygen atoms in total. The number of hydrogen-bond donors (Lipinski definition) is 2. The molecular formula is C17H24N4. The molecule has 0 saturated carbocycles. The Balaban J connectivity index is 2.20. The molecule has 0 amide bonds. The summed E-state index contributed by atoms with van der Waals surface area (Å²) in [5.41, 5.74) is 2.32. The number of aromatic nitrogens is 2. The lowest BCUT2D eigenvalue weighted by Gasteiger charge is -2.14. The van der Waals surface area contributed by atoms with Crippen LogP contribution in [-0.2, 0) is 13.0 Å². The van der Waals surface area contributed by atoms with Crippen LogP contribution in [0.3, 0.4) is 0 Å². The van der Waals surface area contributed by atoms with Crippen molar-refractivity contribution in [3.05, 3.63) is 47.3 Å². The Morgan fingerprint density at radius 3 is 2.24 bits per heavy atom. The van der Waals surface area contributed by atoms with Gasteiger partial charge in [-0.15, -0.1) is 0 Å². The van der Waals surface area contributed by atoms with Gasteiger partial charge in [0, 0.05) is 25.1 Å². The van der Waals surface area contributed by atoms with Crippen molar-refractivity contribution in [3.63, 3.8) is 0 Å². The van der Waals surface area contributed by atoms with Crippen molar-refractivity contribution >= 4 is 11.6 Å². The quantitative estimate of drug-likeness (QED) is 0.812. The second-order valence-electron chi connectivity index (χ2n) is 5.08. The SMILES string of the molecule is CCCc1nc(NCC)c(C)c(NCc2ccccc2)n1. The Morgan fingerprint density at radius 2 is 1.62 bits per heavy atom. The Morgan fingerprint density at radius 1 is 0.952 bits per heavy atom. The second kappa shape index (κ2) is 7.62. The van der Waals surface area contributed by atoms with Crippen LogP contribution in [0.1, 0.15) is 37.2 Å². The molecule has 0 bridgehead atoms. The fourth-order valence-corrected chi connectivity index (χ4v) is 2.19. The van der Waals surface area contributed by atoms with E-state index >= 15 is 0 Å². The van der Waals surface area contributed by atoms with E-state index in [0.717, 1.165) is 49.0 Å². The number of aryl methyl sites for hydroxylation is 1. The minimum absolute atomic E-state index is 0.774. The van der Waals surface area contributed by atoms with Crippen LogP contribution in [0.2, 0.25) is 0 Å². The van der Waals surface area contributed by atoms with E-state index in [1.807, 2.05) is 6.07 Å². The maximum absolute atomic E-state index is 4.66. The third kappa shape index (κ3) is 4.18. The Kier molecular flexibility index (Phi) is 5.55. The molecule has 4 heteroatoms. The van der Waals surface area contributed by atoms with Crippen molar-refractivity contribution in [2.45, 2.75) is 40.2 Å². The molecule has 0 spiro atoms. The van der Waals surface area contributed by atoms with Gasteiger partial charge in [0.05, 0.1) is 0 Å². The average molecular weight is 284 g/mol. The number of rotatable bonds is 7. The van der Waals surface area contributed by atoms with E-state index in [1.54, 1.807) is 0 Å². The Bertz CT molecular complexity index is 567. The van der Waals surface area contributed by atoms with Gasteiger partial charge in [-0.1, -0.05) is 37.3 Å². The summed E-state index contributed by atoms with van der Waals surface area (Å²) < 4.78 is 0. The molecule has 1 heterocycles. The van der Waals surface area contributed by atoms with Crippen LogP contribution in [0.15, 0.2) is 30.3 Å². The van der Waals surface area contributed by atoms with E-state index in [1.165, 1.54) is 5.56 Å². The predicted molar refractivity (Wildman–Crippen MR) is 88.7 cm³/mol. The van der Waals surface area contributed by atoms with Crippen molar-refractivity contribution in [1.82, 2.24) is 9.97 Å². The standard InChI is InChI=1S/C17H24N4/c1-4-9-15-20-16(18-5-2)13(3)17(21-15)19-12-14-10-7-6-8-11-14/h6-8,10-11H,4-5,9,12H2,1-3H3,(H2,18,19,20,21). The summed E-state index contributed by atoms with van der Waals surface area (Å²) in [5, 5.41) is 6.76. The molecule has 0 saturated heterocycles. The molecule has 0 radical (unpaired) electrons. The maximum Gasteiger partial charge on any atom is 0.135 e. The third-order valence-corrected chi connectivity index (χ3v) is 3.31. The summed E-state index contributed by atoms with van der Waals surface area (Å²) in [7, 11) is 0. The Hall–Kier alpha value is -2.10. The van der Waals surface area contributed by atoms with Crippen molar-refractivity contribution in [3.8, 4) is 0 Å². The number of nitrogens with zero attached hydrogens (tertiary/aromatic N) is 2. The number of anilines is 2.